The van der Waals surface area contributed by atoms with Gasteiger partial charge in [-0.1, -0.05) is 0 Å². The topological polar surface area (TPSA) is 24.5 Å². The molecule has 0 amide bonds. The Labute approximate surface area is 67.7 Å². The number of piperazine rings is 1. The Hall–Kier alpha value is -0.120. The van der Waals surface area contributed by atoms with Crippen molar-refractivity contribution in [1.82, 2.24) is 10.2 Å². The van der Waals surface area contributed by atoms with E-state index in [9.17, 15) is 0 Å². The Bertz CT molecular complexity index is 140. The maximum Gasteiger partial charge on any atom is 0.0634 e. The summed E-state index contributed by atoms with van der Waals surface area (Å²) in [5.41, 5.74) is 0. The van der Waals surface area contributed by atoms with Crippen molar-refractivity contribution >= 4 is 0 Å². The van der Waals surface area contributed by atoms with Crippen LogP contribution in [0.2, 0.25) is 0 Å². The lowest BCUT2D eigenvalue weighted by molar-refractivity contribution is -0.0244. The zero-order valence-electron chi connectivity index (χ0n) is 7.05. The third kappa shape index (κ3) is 1.55. The molecule has 3 heteroatoms. The van der Waals surface area contributed by atoms with Gasteiger partial charge in [-0.05, 0) is 6.92 Å². The monoisotopic (exact) mass is 156 g/mol. The first-order chi connectivity index (χ1) is 5.36. The highest BCUT2D eigenvalue weighted by Crippen LogP contribution is 2.10. The van der Waals surface area contributed by atoms with Gasteiger partial charge in [0.15, 0.2) is 0 Å². The highest BCUT2D eigenvalue weighted by atomic mass is 16.5. The van der Waals surface area contributed by atoms with Crippen molar-refractivity contribution in [2.24, 2.45) is 0 Å². The Morgan fingerprint density at radius 3 is 3.36 bits per heavy atom. The third-order valence-electron chi connectivity index (χ3n) is 2.56. The van der Waals surface area contributed by atoms with Gasteiger partial charge in [-0.3, -0.25) is 4.90 Å². The predicted octanol–water partition coefficient (Wildman–Crippen LogP) is -0.321. The van der Waals surface area contributed by atoms with Gasteiger partial charge in [0.2, 0.25) is 0 Å². The molecule has 0 aromatic heterocycles. The van der Waals surface area contributed by atoms with Crippen LogP contribution in [-0.2, 0) is 4.74 Å². The van der Waals surface area contributed by atoms with E-state index in [0.29, 0.717) is 12.1 Å². The average molecular weight is 156 g/mol. The quantitative estimate of drug-likeness (QED) is 0.520. The van der Waals surface area contributed by atoms with Crippen molar-refractivity contribution in [1.29, 1.82) is 0 Å². The van der Waals surface area contributed by atoms with E-state index in [1.807, 2.05) is 0 Å². The van der Waals surface area contributed by atoms with E-state index in [4.69, 9.17) is 4.74 Å². The van der Waals surface area contributed by atoms with Gasteiger partial charge in [0.25, 0.3) is 0 Å². The molecule has 0 bridgehead atoms. The number of ether oxygens (including phenoxy) is 1. The van der Waals surface area contributed by atoms with Gasteiger partial charge in [-0.15, -0.1) is 0 Å². The summed E-state index contributed by atoms with van der Waals surface area (Å²) in [5.74, 6) is 0. The zero-order chi connectivity index (χ0) is 7.68. The predicted molar refractivity (Wildman–Crippen MR) is 43.6 cm³/mol. The van der Waals surface area contributed by atoms with E-state index < -0.39 is 0 Å². The van der Waals surface area contributed by atoms with Crippen molar-refractivity contribution in [2.75, 3.05) is 32.8 Å². The molecule has 2 rings (SSSR count). The van der Waals surface area contributed by atoms with Crippen molar-refractivity contribution in [3.05, 3.63) is 0 Å². The molecule has 2 aliphatic rings. The molecule has 2 atom stereocenters. The van der Waals surface area contributed by atoms with Crippen LogP contribution < -0.4 is 5.32 Å². The number of hydrogen-bond donors (Lipinski definition) is 1. The summed E-state index contributed by atoms with van der Waals surface area (Å²) in [5, 5.41) is 3.46. The fraction of sp³-hybridized carbons (Fsp3) is 1.00. The summed E-state index contributed by atoms with van der Waals surface area (Å²) in [7, 11) is 0. The molecule has 1 unspecified atom stereocenters. The normalized spacial score (nSPS) is 40.1. The lowest BCUT2D eigenvalue weighted by Crippen LogP contribution is -2.59. The van der Waals surface area contributed by atoms with Gasteiger partial charge in [-0.25, -0.2) is 0 Å². The van der Waals surface area contributed by atoms with E-state index in [-0.39, 0.29) is 0 Å². The molecule has 2 heterocycles. The van der Waals surface area contributed by atoms with Crippen LogP contribution in [0.15, 0.2) is 0 Å². The number of nitrogens with zero attached hydrogens (tertiary/aromatic N) is 1. The van der Waals surface area contributed by atoms with Gasteiger partial charge in [0.05, 0.1) is 13.2 Å². The molecule has 0 saturated carbocycles. The summed E-state index contributed by atoms with van der Waals surface area (Å²) >= 11 is 0. The second-order valence-electron chi connectivity index (χ2n) is 3.53. The van der Waals surface area contributed by atoms with Gasteiger partial charge >= 0.3 is 0 Å². The molecule has 2 fully saturated rings. The molecule has 0 aromatic carbocycles. The van der Waals surface area contributed by atoms with Crippen molar-refractivity contribution < 1.29 is 4.74 Å². The first-order valence-electron chi connectivity index (χ1n) is 4.41. The lowest BCUT2D eigenvalue weighted by atomic mass is 10.1. The number of hydrogen-bond acceptors (Lipinski definition) is 3. The molecule has 2 aliphatic heterocycles. The van der Waals surface area contributed by atoms with Crippen LogP contribution in [0.25, 0.3) is 0 Å². The fourth-order valence-electron chi connectivity index (χ4n) is 1.87. The molecule has 0 aromatic rings. The highest BCUT2D eigenvalue weighted by Gasteiger charge is 2.27. The summed E-state index contributed by atoms with van der Waals surface area (Å²) in [6.45, 7) is 7.49. The molecule has 64 valence electrons. The molecule has 3 nitrogen and oxygen atoms in total. The number of nitrogens with one attached hydrogen (secondary N) is 1. The second-order valence-corrected chi connectivity index (χ2v) is 3.53. The number of morpholine rings is 1. The van der Waals surface area contributed by atoms with E-state index >= 15 is 0 Å². The van der Waals surface area contributed by atoms with E-state index in [1.54, 1.807) is 0 Å². The van der Waals surface area contributed by atoms with Crippen LogP contribution in [0.5, 0.6) is 0 Å². The van der Waals surface area contributed by atoms with Gasteiger partial charge in [0.1, 0.15) is 0 Å². The van der Waals surface area contributed by atoms with Crippen LogP contribution in [0.4, 0.5) is 0 Å². The Morgan fingerprint density at radius 2 is 2.45 bits per heavy atom. The Balaban J connectivity index is 1.93. The van der Waals surface area contributed by atoms with Gasteiger partial charge < -0.3 is 10.1 Å². The molecular weight excluding hydrogens is 140 g/mol. The van der Waals surface area contributed by atoms with E-state index in [2.05, 4.69) is 17.1 Å². The largest absolute Gasteiger partial charge is 0.378 e. The zero-order valence-corrected chi connectivity index (χ0v) is 7.05. The molecule has 11 heavy (non-hydrogen) atoms. The first-order valence-corrected chi connectivity index (χ1v) is 4.41. The summed E-state index contributed by atoms with van der Waals surface area (Å²) in [4.78, 5) is 2.53. The van der Waals surface area contributed by atoms with Crippen LogP contribution in [-0.4, -0.2) is 49.8 Å². The Kier molecular flexibility index (Phi) is 2.11. The van der Waals surface area contributed by atoms with Crippen LogP contribution >= 0.6 is 0 Å². The molecule has 0 radical (unpaired) electrons. The minimum atomic E-state index is 0.639. The Morgan fingerprint density at radius 1 is 1.55 bits per heavy atom. The van der Waals surface area contributed by atoms with Crippen LogP contribution in [0.1, 0.15) is 6.92 Å². The fourth-order valence-corrected chi connectivity index (χ4v) is 1.87. The first kappa shape index (κ1) is 7.53. The van der Waals surface area contributed by atoms with E-state index in [0.717, 1.165) is 26.3 Å². The van der Waals surface area contributed by atoms with Crippen molar-refractivity contribution in [2.45, 2.75) is 19.0 Å². The highest BCUT2D eigenvalue weighted by molar-refractivity contribution is 4.85. The van der Waals surface area contributed by atoms with Gasteiger partial charge in [-0.2, -0.15) is 0 Å². The summed E-state index contributed by atoms with van der Waals surface area (Å²) in [6.07, 6.45) is 0. The van der Waals surface area contributed by atoms with E-state index in [1.165, 1.54) is 6.54 Å². The van der Waals surface area contributed by atoms with Crippen molar-refractivity contribution in [3.63, 3.8) is 0 Å². The third-order valence-corrected chi connectivity index (χ3v) is 2.56. The molecule has 2 saturated heterocycles. The minimum Gasteiger partial charge on any atom is -0.378 e. The second kappa shape index (κ2) is 3.09. The minimum absolute atomic E-state index is 0.639. The molecule has 1 N–H and O–H groups in total. The SMILES string of the molecule is C[C@H]1CN2CCOCC2CN1. The maximum atomic E-state index is 5.39. The molecule has 0 spiro atoms. The maximum absolute atomic E-state index is 5.39. The molecular formula is C8H16N2O. The van der Waals surface area contributed by atoms with Gasteiger partial charge in [0, 0.05) is 31.7 Å². The number of rotatable bonds is 0. The summed E-state index contributed by atoms with van der Waals surface area (Å²) in [6, 6.07) is 1.30. The standard InChI is InChI=1S/C8H16N2O/c1-7-5-10-2-3-11-6-8(10)4-9-7/h7-9H,2-6H2,1H3/t7-,8?/m0/s1. The average Bonchev–Trinajstić information content (AvgIpc) is 2.04. The smallest absolute Gasteiger partial charge is 0.0634 e. The number of fused-ring (bicyclic) bond motifs is 1. The van der Waals surface area contributed by atoms with Crippen molar-refractivity contribution in [3.8, 4) is 0 Å². The van der Waals surface area contributed by atoms with Crippen LogP contribution in [0.3, 0.4) is 0 Å². The summed E-state index contributed by atoms with van der Waals surface area (Å²) < 4.78 is 5.39. The lowest BCUT2D eigenvalue weighted by Gasteiger charge is -2.41. The van der Waals surface area contributed by atoms with Crippen LogP contribution in [0, 0.1) is 0 Å². The molecule has 0 aliphatic carbocycles.